The zero-order chi connectivity index (χ0) is 15.5. The first-order valence-electron chi connectivity index (χ1n) is 6.61. The van der Waals surface area contributed by atoms with Crippen molar-refractivity contribution in [1.29, 1.82) is 0 Å². The Morgan fingerprint density at radius 3 is 2.91 bits per heavy atom. The van der Waals surface area contributed by atoms with Crippen LogP contribution in [0.25, 0.3) is 5.69 Å². The lowest BCUT2D eigenvalue weighted by Crippen LogP contribution is -2.10. The molecule has 22 heavy (non-hydrogen) atoms. The van der Waals surface area contributed by atoms with Gasteiger partial charge in [-0.15, -0.1) is 15.3 Å². The van der Waals surface area contributed by atoms with E-state index in [4.69, 9.17) is 9.15 Å². The predicted molar refractivity (Wildman–Crippen MR) is 74.2 cm³/mol. The molecule has 0 radical (unpaired) electrons. The number of ether oxygens (including phenoxy) is 1. The summed E-state index contributed by atoms with van der Waals surface area (Å²) in [5.41, 5.74) is 1.12. The molecule has 0 saturated heterocycles. The Hall–Kier alpha value is -3.03. The molecule has 1 atom stereocenters. The highest BCUT2D eigenvalue weighted by Gasteiger charge is 2.19. The summed E-state index contributed by atoms with van der Waals surface area (Å²) >= 11 is 0. The van der Waals surface area contributed by atoms with Crippen LogP contribution in [0.5, 0.6) is 0 Å². The highest BCUT2D eigenvalue weighted by Crippen LogP contribution is 2.18. The summed E-state index contributed by atoms with van der Waals surface area (Å²) in [5, 5.41) is 15.2. The first-order valence-corrected chi connectivity index (χ1v) is 6.61. The van der Waals surface area contributed by atoms with Gasteiger partial charge in [-0.2, -0.15) is 0 Å². The molecule has 1 unspecified atom stereocenters. The van der Waals surface area contributed by atoms with Crippen LogP contribution in [-0.4, -0.2) is 31.2 Å². The number of carbonyl (C=O) groups is 1. The highest BCUT2D eigenvalue weighted by molar-refractivity contribution is 5.90. The van der Waals surface area contributed by atoms with Crippen molar-refractivity contribution < 1.29 is 13.9 Å². The summed E-state index contributed by atoms with van der Waals surface area (Å²) in [7, 11) is 0. The Bertz CT molecular complexity index is 781. The molecule has 112 valence electrons. The van der Waals surface area contributed by atoms with Gasteiger partial charge in [-0.3, -0.25) is 0 Å². The molecule has 0 N–H and O–H groups in total. The van der Waals surface area contributed by atoms with Gasteiger partial charge in [-0.25, -0.2) is 9.48 Å². The van der Waals surface area contributed by atoms with Gasteiger partial charge in [0.05, 0.1) is 23.6 Å². The molecule has 8 heteroatoms. The fourth-order valence-corrected chi connectivity index (χ4v) is 1.88. The number of hydrogen-bond donors (Lipinski definition) is 0. The third kappa shape index (κ3) is 2.85. The zero-order valence-electron chi connectivity index (χ0n) is 12.0. The van der Waals surface area contributed by atoms with Crippen molar-refractivity contribution in [3.05, 3.63) is 54.0 Å². The molecule has 0 fully saturated rings. The molecule has 0 saturated carbocycles. The lowest BCUT2D eigenvalue weighted by atomic mass is 10.2. The molecule has 0 aliphatic heterocycles. The molecule has 0 bridgehead atoms. The largest absolute Gasteiger partial charge is 0.449 e. The van der Waals surface area contributed by atoms with Crippen LogP contribution in [0.1, 0.15) is 35.2 Å². The van der Waals surface area contributed by atoms with Crippen LogP contribution in [0.3, 0.4) is 0 Å². The van der Waals surface area contributed by atoms with Crippen LogP contribution in [0, 0.1) is 6.92 Å². The first-order chi connectivity index (χ1) is 10.6. The second-order valence-corrected chi connectivity index (χ2v) is 4.60. The SMILES string of the molecule is Cc1nnc(C(C)OC(=O)c2cccc(-n3ccnn3)c2)o1. The standard InChI is InChI=1S/C14H13N5O3/c1-9(13-17-16-10(2)22-13)21-14(20)11-4-3-5-12(8-11)19-7-6-15-18-19/h3-9H,1-2H3. The maximum atomic E-state index is 12.2. The average molecular weight is 299 g/mol. The van der Waals surface area contributed by atoms with E-state index in [0.29, 0.717) is 17.1 Å². The summed E-state index contributed by atoms with van der Waals surface area (Å²) in [6.45, 7) is 3.35. The van der Waals surface area contributed by atoms with Crippen molar-refractivity contribution in [3.8, 4) is 5.69 Å². The van der Waals surface area contributed by atoms with E-state index in [0.717, 1.165) is 0 Å². The number of benzene rings is 1. The van der Waals surface area contributed by atoms with E-state index in [1.807, 2.05) is 6.07 Å². The predicted octanol–water partition coefficient (Wildman–Crippen LogP) is 1.88. The van der Waals surface area contributed by atoms with Gasteiger partial charge in [0.2, 0.25) is 5.89 Å². The molecule has 1 aromatic carbocycles. The van der Waals surface area contributed by atoms with E-state index < -0.39 is 12.1 Å². The Balaban J connectivity index is 1.76. The Kier molecular flexibility index (Phi) is 3.65. The van der Waals surface area contributed by atoms with Crippen molar-refractivity contribution in [2.24, 2.45) is 0 Å². The Morgan fingerprint density at radius 2 is 2.23 bits per heavy atom. The van der Waals surface area contributed by atoms with Crippen molar-refractivity contribution in [2.45, 2.75) is 20.0 Å². The Morgan fingerprint density at radius 1 is 1.36 bits per heavy atom. The van der Waals surface area contributed by atoms with Gasteiger partial charge in [0, 0.05) is 6.92 Å². The van der Waals surface area contributed by atoms with Crippen molar-refractivity contribution in [2.75, 3.05) is 0 Å². The van der Waals surface area contributed by atoms with E-state index >= 15 is 0 Å². The number of aromatic nitrogens is 5. The van der Waals surface area contributed by atoms with E-state index in [-0.39, 0.29) is 5.89 Å². The van der Waals surface area contributed by atoms with Gasteiger partial charge in [0.1, 0.15) is 0 Å². The maximum absolute atomic E-state index is 12.2. The van der Waals surface area contributed by atoms with Gasteiger partial charge >= 0.3 is 5.97 Å². The summed E-state index contributed by atoms with van der Waals surface area (Å²) in [4.78, 5) is 12.2. The summed E-state index contributed by atoms with van der Waals surface area (Å²) in [6, 6.07) is 6.89. The molecule has 3 rings (SSSR count). The van der Waals surface area contributed by atoms with E-state index in [9.17, 15) is 4.79 Å². The minimum Gasteiger partial charge on any atom is -0.449 e. The van der Waals surface area contributed by atoms with E-state index in [1.165, 1.54) is 0 Å². The highest BCUT2D eigenvalue weighted by atomic mass is 16.6. The number of nitrogens with zero attached hydrogens (tertiary/aromatic N) is 5. The summed E-state index contributed by atoms with van der Waals surface area (Å²) in [5.74, 6) is 0.203. The second kappa shape index (κ2) is 5.76. The Labute approximate surface area is 125 Å². The molecule has 2 aromatic heterocycles. The van der Waals surface area contributed by atoms with E-state index in [1.54, 1.807) is 49.1 Å². The minimum absolute atomic E-state index is 0.262. The molecule has 2 heterocycles. The quantitative estimate of drug-likeness (QED) is 0.678. The van der Waals surface area contributed by atoms with E-state index in [2.05, 4.69) is 20.5 Å². The molecule has 3 aromatic rings. The average Bonchev–Trinajstić information content (AvgIpc) is 3.18. The van der Waals surface area contributed by atoms with Crippen molar-refractivity contribution in [3.63, 3.8) is 0 Å². The summed E-state index contributed by atoms with van der Waals surface area (Å²) in [6.07, 6.45) is 2.63. The number of carbonyl (C=O) groups excluding carboxylic acids is 1. The minimum atomic E-state index is -0.622. The third-order valence-corrected chi connectivity index (χ3v) is 2.94. The maximum Gasteiger partial charge on any atom is 0.338 e. The van der Waals surface area contributed by atoms with Gasteiger partial charge < -0.3 is 9.15 Å². The molecular weight excluding hydrogens is 286 g/mol. The topological polar surface area (TPSA) is 95.9 Å². The number of hydrogen-bond acceptors (Lipinski definition) is 7. The molecule has 8 nitrogen and oxygen atoms in total. The normalized spacial score (nSPS) is 12.1. The van der Waals surface area contributed by atoms with Crippen LogP contribution in [0.15, 0.2) is 41.1 Å². The van der Waals surface area contributed by atoms with Crippen LogP contribution in [-0.2, 0) is 4.74 Å². The third-order valence-electron chi connectivity index (χ3n) is 2.94. The van der Waals surface area contributed by atoms with Crippen molar-refractivity contribution >= 4 is 5.97 Å². The van der Waals surface area contributed by atoms with Gasteiger partial charge in [-0.1, -0.05) is 11.3 Å². The molecule has 0 spiro atoms. The molecule has 0 amide bonds. The fraction of sp³-hybridized carbons (Fsp3) is 0.214. The fourth-order valence-electron chi connectivity index (χ4n) is 1.88. The molecule has 0 aliphatic rings. The lowest BCUT2D eigenvalue weighted by molar-refractivity contribution is 0.0277. The van der Waals surface area contributed by atoms with Gasteiger partial charge in [0.25, 0.3) is 5.89 Å². The van der Waals surface area contributed by atoms with Crippen LogP contribution >= 0.6 is 0 Å². The zero-order valence-corrected chi connectivity index (χ0v) is 12.0. The summed E-state index contributed by atoms with van der Waals surface area (Å²) < 4.78 is 12.1. The second-order valence-electron chi connectivity index (χ2n) is 4.60. The molecule has 0 aliphatic carbocycles. The van der Waals surface area contributed by atoms with Crippen LogP contribution < -0.4 is 0 Å². The first kappa shape index (κ1) is 13.9. The van der Waals surface area contributed by atoms with Gasteiger partial charge in [-0.05, 0) is 25.1 Å². The van der Waals surface area contributed by atoms with Crippen LogP contribution in [0.2, 0.25) is 0 Å². The van der Waals surface area contributed by atoms with Crippen molar-refractivity contribution in [1.82, 2.24) is 25.2 Å². The number of esters is 1. The van der Waals surface area contributed by atoms with Gasteiger partial charge in [0.15, 0.2) is 6.10 Å². The smallest absolute Gasteiger partial charge is 0.338 e. The van der Waals surface area contributed by atoms with Crippen LogP contribution in [0.4, 0.5) is 0 Å². The molecular formula is C14H13N5O3. The monoisotopic (exact) mass is 299 g/mol. The lowest BCUT2D eigenvalue weighted by Gasteiger charge is -2.10. The number of rotatable bonds is 4. The number of aryl methyl sites for hydroxylation is 1.